The van der Waals surface area contributed by atoms with E-state index in [1.54, 1.807) is 0 Å². The summed E-state index contributed by atoms with van der Waals surface area (Å²) in [6.07, 6.45) is 1.19. The van der Waals surface area contributed by atoms with Crippen LogP contribution in [0.2, 0.25) is 0 Å². The van der Waals surface area contributed by atoms with Gasteiger partial charge in [-0.2, -0.15) is 0 Å². The highest BCUT2D eigenvalue weighted by Gasteiger charge is 2.19. The van der Waals surface area contributed by atoms with Crippen molar-refractivity contribution >= 4 is 5.97 Å². The molecule has 0 saturated heterocycles. The minimum absolute atomic E-state index is 0.195. The number of esters is 1. The number of ether oxygens (including phenoxy) is 1. The van der Waals surface area contributed by atoms with Crippen LogP contribution in [0.25, 0.3) is 0 Å². The number of aliphatic hydroxyl groups is 1. The molecule has 0 fully saturated rings. The SMILES string of the molecule is O=C(OCCc1ccccc1)C(CO)Cc1ccccc1. The maximum atomic E-state index is 12.0. The van der Waals surface area contributed by atoms with Crippen LogP contribution in [0.4, 0.5) is 0 Å². The van der Waals surface area contributed by atoms with Crippen molar-refractivity contribution < 1.29 is 14.6 Å². The fourth-order valence-corrected chi connectivity index (χ4v) is 2.15. The topological polar surface area (TPSA) is 46.5 Å². The van der Waals surface area contributed by atoms with Crippen molar-refractivity contribution in [3.05, 3.63) is 71.8 Å². The summed E-state index contributed by atoms with van der Waals surface area (Å²) in [5.74, 6) is -0.833. The molecule has 0 aromatic heterocycles. The first-order chi connectivity index (χ1) is 10.3. The van der Waals surface area contributed by atoms with Crippen LogP contribution in [0.3, 0.4) is 0 Å². The summed E-state index contributed by atoms with van der Waals surface area (Å²) in [5.41, 5.74) is 2.16. The van der Waals surface area contributed by atoms with Gasteiger partial charge in [-0.25, -0.2) is 0 Å². The molecular formula is C18H20O3. The Kier molecular flexibility index (Phi) is 5.98. The van der Waals surface area contributed by atoms with Gasteiger partial charge >= 0.3 is 5.97 Å². The Morgan fingerprint density at radius 2 is 1.52 bits per heavy atom. The van der Waals surface area contributed by atoms with Crippen molar-refractivity contribution in [1.29, 1.82) is 0 Å². The molecule has 0 aliphatic rings. The highest BCUT2D eigenvalue weighted by atomic mass is 16.5. The Balaban J connectivity index is 1.80. The van der Waals surface area contributed by atoms with E-state index in [9.17, 15) is 9.90 Å². The summed E-state index contributed by atoms with van der Waals surface area (Å²) < 4.78 is 5.27. The van der Waals surface area contributed by atoms with Crippen LogP contribution >= 0.6 is 0 Å². The average Bonchev–Trinajstić information content (AvgIpc) is 2.54. The number of hydrogen-bond donors (Lipinski definition) is 1. The summed E-state index contributed by atoms with van der Waals surface area (Å²) in [4.78, 5) is 12.0. The minimum Gasteiger partial charge on any atom is -0.465 e. The zero-order valence-electron chi connectivity index (χ0n) is 11.9. The van der Waals surface area contributed by atoms with Gasteiger partial charge in [0, 0.05) is 6.42 Å². The van der Waals surface area contributed by atoms with Crippen molar-refractivity contribution in [2.45, 2.75) is 12.8 Å². The first-order valence-electron chi connectivity index (χ1n) is 7.15. The zero-order chi connectivity index (χ0) is 14.9. The lowest BCUT2D eigenvalue weighted by Gasteiger charge is -2.13. The van der Waals surface area contributed by atoms with Crippen LogP contribution in [0, 0.1) is 5.92 Å². The number of carbonyl (C=O) groups excluding carboxylic acids is 1. The van der Waals surface area contributed by atoms with E-state index in [4.69, 9.17) is 4.74 Å². The second-order valence-corrected chi connectivity index (χ2v) is 4.97. The summed E-state index contributed by atoms with van der Waals surface area (Å²) >= 11 is 0. The molecule has 1 atom stereocenters. The zero-order valence-corrected chi connectivity index (χ0v) is 11.9. The lowest BCUT2D eigenvalue weighted by molar-refractivity contribution is -0.149. The van der Waals surface area contributed by atoms with Gasteiger partial charge in [-0.1, -0.05) is 60.7 Å². The van der Waals surface area contributed by atoms with E-state index in [1.807, 2.05) is 60.7 Å². The summed E-state index contributed by atoms with van der Waals surface area (Å²) in [5, 5.41) is 9.37. The van der Waals surface area contributed by atoms with Gasteiger partial charge in [0.2, 0.25) is 0 Å². The fraction of sp³-hybridized carbons (Fsp3) is 0.278. The molecule has 0 bridgehead atoms. The second kappa shape index (κ2) is 8.22. The van der Waals surface area contributed by atoms with Gasteiger partial charge in [-0.15, -0.1) is 0 Å². The number of benzene rings is 2. The van der Waals surface area contributed by atoms with Crippen LogP contribution in [0.15, 0.2) is 60.7 Å². The number of carbonyl (C=O) groups is 1. The predicted molar refractivity (Wildman–Crippen MR) is 81.8 cm³/mol. The van der Waals surface area contributed by atoms with Crippen LogP contribution in [-0.2, 0) is 22.4 Å². The Hall–Kier alpha value is -2.13. The maximum absolute atomic E-state index is 12.0. The van der Waals surface area contributed by atoms with Crippen molar-refractivity contribution in [3.8, 4) is 0 Å². The average molecular weight is 284 g/mol. The molecule has 2 aromatic carbocycles. The van der Waals surface area contributed by atoms with E-state index in [-0.39, 0.29) is 12.6 Å². The van der Waals surface area contributed by atoms with E-state index in [1.165, 1.54) is 0 Å². The first-order valence-corrected chi connectivity index (χ1v) is 7.15. The van der Waals surface area contributed by atoms with Gasteiger partial charge in [0.25, 0.3) is 0 Å². The van der Waals surface area contributed by atoms with E-state index in [0.29, 0.717) is 19.4 Å². The largest absolute Gasteiger partial charge is 0.465 e. The van der Waals surface area contributed by atoms with Crippen molar-refractivity contribution in [1.82, 2.24) is 0 Å². The lowest BCUT2D eigenvalue weighted by Crippen LogP contribution is -2.24. The normalized spacial score (nSPS) is 11.9. The highest BCUT2D eigenvalue weighted by molar-refractivity contribution is 5.73. The van der Waals surface area contributed by atoms with Crippen LogP contribution < -0.4 is 0 Å². The molecule has 0 aliphatic heterocycles. The van der Waals surface area contributed by atoms with E-state index >= 15 is 0 Å². The molecule has 1 unspecified atom stereocenters. The van der Waals surface area contributed by atoms with E-state index < -0.39 is 5.92 Å². The molecule has 3 nitrogen and oxygen atoms in total. The molecule has 0 saturated carbocycles. The van der Waals surface area contributed by atoms with Crippen LogP contribution in [0.5, 0.6) is 0 Å². The maximum Gasteiger partial charge on any atom is 0.311 e. The molecule has 110 valence electrons. The van der Waals surface area contributed by atoms with Crippen LogP contribution in [0.1, 0.15) is 11.1 Å². The molecule has 0 aliphatic carbocycles. The third kappa shape index (κ3) is 5.04. The Morgan fingerprint density at radius 1 is 0.952 bits per heavy atom. The minimum atomic E-state index is -0.497. The first kappa shape index (κ1) is 15.3. The van der Waals surface area contributed by atoms with E-state index in [2.05, 4.69) is 0 Å². The summed E-state index contributed by atoms with van der Waals surface area (Å²) in [7, 11) is 0. The predicted octanol–water partition coefficient (Wildman–Crippen LogP) is 2.62. The van der Waals surface area contributed by atoms with Gasteiger partial charge in [0.15, 0.2) is 0 Å². The molecule has 3 heteroatoms. The smallest absolute Gasteiger partial charge is 0.311 e. The van der Waals surface area contributed by atoms with Gasteiger partial charge in [-0.05, 0) is 17.5 Å². The number of hydrogen-bond acceptors (Lipinski definition) is 3. The standard InChI is InChI=1S/C18H20O3/c19-14-17(13-16-9-5-2-6-10-16)18(20)21-12-11-15-7-3-1-4-8-15/h1-10,17,19H,11-14H2. The third-order valence-corrected chi connectivity index (χ3v) is 3.36. The van der Waals surface area contributed by atoms with Gasteiger partial charge < -0.3 is 9.84 Å². The fourth-order valence-electron chi connectivity index (χ4n) is 2.15. The Bertz CT molecular complexity index is 537. The van der Waals surface area contributed by atoms with Crippen LogP contribution in [-0.4, -0.2) is 24.3 Å². The second-order valence-electron chi connectivity index (χ2n) is 4.97. The molecule has 1 N–H and O–H groups in total. The van der Waals surface area contributed by atoms with Crippen molar-refractivity contribution in [2.24, 2.45) is 5.92 Å². The molecule has 0 radical (unpaired) electrons. The lowest BCUT2D eigenvalue weighted by atomic mass is 10.0. The van der Waals surface area contributed by atoms with Gasteiger partial charge in [0.1, 0.15) is 0 Å². The molecule has 2 rings (SSSR count). The highest BCUT2D eigenvalue weighted by Crippen LogP contribution is 2.10. The number of rotatable bonds is 7. The monoisotopic (exact) mass is 284 g/mol. The number of aliphatic hydroxyl groups excluding tert-OH is 1. The molecule has 0 heterocycles. The summed E-state index contributed by atoms with van der Waals surface area (Å²) in [6, 6.07) is 19.5. The Morgan fingerprint density at radius 3 is 2.10 bits per heavy atom. The Labute approximate surface area is 125 Å². The molecule has 2 aromatic rings. The van der Waals surface area contributed by atoms with Gasteiger partial charge in [-0.3, -0.25) is 4.79 Å². The molecular weight excluding hydrogens is 264 g/mol. The molecule has 0 spiro atoms. The van der Waals surface area contributed by atoms with E-state index in [0.717, 1.165) is 11.1 Å². The molecule has 21 heavy (non-hydrogen) atoms. The quantitative estimate of drug-likeness (QED) is 0.795. The third-order valence-electron chi connectivity index (χ3n) is 3.36. The summed E-state index contributed by atoms with van der Waals surface area (Å²) in [6.45, 7) is 0.146. The van der Waals surface area contributed by atoms with Gasteiger partial charge in [0.05, 0.1) is 19.1 Å². The molecule has 0 amide bonds. The van der Waals surface area contributed by atoms with Crippen molar-refractivity contribution in [2.75, 3.05) is 13.2 Å². The van der Waals surface area contributed by atoms with Crippen molar-refractivity contribution in [3.63, 3.8) is 0 Å².